The van der Waals surface area contributed by atoms with Gasteiger partial charge in [0, 0.05) is 5.02 Å². The van der Waals surface area contributed by atoms with E-state index in [2.05, 4.69) is 10.6 Å². The molecule has 2 N–H and O–H groups in total. The molecule has 1 aromatic rings. The van der Waals surface area contributed by atoms with Gasteiger partial charge in [0.2, 0.25) is 5.91 Å². The van der Waals surface area contributed by atoms with Crippen molar-refractivity contribution in [1.29, 1.82) is 0 Å². The van der Waals surface area contributed by atoms with Crippen molar-refractivity contribution < 1.29 is 9.53 Å². The molecule has 1 aliphatic rings. The lowest BCUT2D eigenvalue weighted by Gasteiger charge is -2.12. The standard InChI is InChI=1S/C15H21ClN2O2/c1-2-7-20-14-6-5-12(16)8-13(14)18-15(19)10-17-9-11-3-4-11/h5-6,8,11,17H,2-4,7,9-10H2,1H3,(H,18,19). The van der Waals surface area contributed by atoms with Crippen LogP contribution in [-0.2, 0) is 4.79 Å². The first-order valence-corrected chi connectivity index (χ1v) is 7.49. The van der Waals surface area contributed by atoms with Crippen LogP contribution >= 0.6 is 11.6 Å². The Kier molecular flexibility index (Phi) is 5.68. The van der Waals surface area contributed by atoms with Crippen LogP contribution in [0.4, 0.5) is 5.69 Å². The van der Waals surface area contributed by atoms with Crippen LogP contribution in [0.5, 0.6) is 5.75 Å². The van der Waals surface area contributed by atoms with E-state index in [1.807, 2.05) is 6.92 Å². The van der Waals surface area contributed by atoms with E-state index in [9.17, 15) is 4.79 Å². The van der Waals surface area contributed by atoms with E-state index < -0.39 is 0 Å². The largest absolute Gasteiger partial charge is 0.491 e. The summed E-state index contributed by atoms with van der Waals surface area (Å²) in [5, 5.41) is 6.58. The molecule has 1 aromatic carbocycles. The van der Waals surface area contributed by atoms with Crippen LogP contribution in [0.25, 0.3) is 0 Å². The number of halogens is 1. The van der Waals surface area contributed by atoms with Crippen LogP contribution in [0.2, 0.25) is 5.02 Å². The van der Waals surface area contributed by atoms with E-state index in [1.165, 1.54) is 12.8 Å². The highest BCUT2D eigenvalue weighted by atomic mass is 35.5. The van der Waals surface area contributed by atoms with Crippen molar-refractivity contribution >= 4 is 23.2 Å². The molecule has 20 heavy (non-hydrogen) atoms. The van der Waals surface area contributed by atoms with Gasteiger partial charge in [0.15, 0.2) is 0 Å². The van der Waals surface area contributed by atoms with Crippen molar-refractivity contribution in [3.63, 3.8) is 0 Å². The van der Waals surface area contributed by atoms with Crippen LogP contribution in [0.3, 0.4) is 0 Å². The minimum atomic E-state index is -0.0748. The third kappa shape index (κ3) is 5.02. The van der Waals surface area contributed by atoms with Crippen molar-refractivity contribution in [2.45, 2.75) is 26.2 Å². The van der Waals surface area contributed by atoms with Crippen molar-refractivity contribution in [1.82, 2.24) is 5.32 Å². The molecule has 0 atom stereocenters. The van der Waals surface area contributed by atoms with Gasteiger partial charge in [0.25, 0.3) is 0 Å². The summed E-state index contributed by atoms with van der Waals surface area (Å²) in [4.78, 5) is 11.9. The van der Waals surface area contributed by atoms with Crippen molar-refractivity contribution in [2.24, 2.45) is 5.92 Å². The Morgan fingerprint density at radius 1 is 1.45 bits per heavy atom. The Hall–Kier alpha value is -1.26. The molecule has 1 amide bonds. The summed E-state index contributed by atoms with van der Waals surface area (Å²) in [6, 6.07) is 5.25. The lowest BCUT2D eigenvalue weighted by molar-refractivity contribution is -0.115. The van der Waals surface area contributed by atoms with E-state index in [4.69, 9.17) is 16.3 Å². The van der Waals surface area contributed by atoms with Gasteiger partial charge in [-0.3, -0.25) is 4.79 Å². The highest BCUT2D eigenvalue weighted by Gasteiger charge is 2.20. The fourth-order valence-corrected chi connectivity index (χ4v) is 2.02. The maximum Gasteiger partial charge on any atom is 0.238 e. The minimum absolute atomic E-state index is 0.0748. The van der Waals surface area contributed by atoms with Crippen LogP contribution in [0.15, 0.2) is 18.2 Å². The number of anilines is 1. The molecular formula is C15H21ClN2O2. The second kappa shape index (κ2) is 7.50. The zero-order valence-corrected chi connectivity index (χ0v) is 12.5. The van der Waals surface area contributed by atoms with Gasteiger partial charge in [-0.15, -0.1) is 0 Å². The molecule has 5 heteroatoms. The number of carbonyl (C=O) groups excluding carboxylic acids is 1. The van der Waals surface area contributed by atoms with E-state index >= 15 is 0 Å². The minimum Gasteiger partial charge on any atom is -0.491 e. The topological polar surface area (TPSA) is 50.4 Å². The number of nitrogens with one attached hydrogen (secondary N) is 2. The second-order valence-corrected chi connectivity index (χ2v) is 5.55. The quantitative estimate of drug-likeness (QED) is 0.775. The van der Waals surface area contributed by atoms with E-state index in [-0.39, 0.29) is 5.91 Å². The first-order valence-electron chi connectivity index (χ1n) is 7.12. The summed E-state index contributed by atoms with van der Waals surface area (Å²) in [7, 11) is 0. The molecule has 110 valence electrons. The normalized spacial score (nSPS) is 14.1. The third-order valence-corrected chi connectivity index (χ3v) is 3.33. The Morgan fingerprint density at radius 3 is 2.95 bits per heavy atom. The average Bonchev–Trinajstić information content (AvgIpc) is 3.22. The van der Waals surface area contributed by atoms with E-state index in [1.54, 1.807) is 18.2 Å². The number of amides is 1. The second-order valence-electron chi connectivity index (χ2n) is 5.11. The summed E-state index contributed by atoms with van der Waals surface area (Å²) in [5.74, 6) is 1.35. The summed E-state index contributed by atoms with van der Waals surface area (Å²) >= 11 is 5.97. The third-order valence-electron chi connectivity index (χ3n) is 3.09. The predicted octanol–water partition coefficient (Wildman–Crippen LogP) is 3.07. The van der Waals surface area contributed by atoms with Crippen molar-refractivity contribution in [3.05, 3.63) is 23.2 Å². The number of carbonyl (C=O) groups is 1. The van der Waals surface area contributed by atoms with Crippen molar-refractivity contribution in [2.75, 3.05) is 25.0 Å². The number of ether oxygens (including phenoxy) is 1. The first-order chi connectivity index (χ1) is 9.69. The Balaban J connectivity index is 1.87. The lowest BCUT2D eigenvalue weighted by Crippen LogP contribution is -2.29. The van der Waals surface area contributed by atoms with E-state index in [0.29, 0.717) is 29.6 Å². The molecule has 0 aliphatic heterocycles. The molecule has 0 bridgehead atoms. The zero-order chi connectivity index (χ0) is 14.4. The van der Waals surface area contributed by atoms with Gasteiger partial charge in [-0.2, -0.15) is 0 Å². The molecule has 4 nitrogen and oxygen atoms in total. The van der Waals surface area contributed by atoms with Gasteiger partial charge in [0.1, 0.15) is 5.75 Å². The van der Waals surface area contributed by atoms with Gasteiger partial charge in [-0.1, -0.05) is 18.5 Å². The SMILES string of the molecule is CCCOc1ccc(Cl)cc1NC(=O)CNCC1CC1. The number of rotatable bonds is 8. The monoisotopic (exact) mass is 296 g/mol. The maximum absolute atomic E-state index is 11.9. The van der Waals surface area contributed by atoms with Gasteiger partial charge >= 0.3 is 0 Å². The molecule has 0 saturated heterocycles. The smallest absolute Gasteiger partial charge is 0.238 e. The average molecular weight is 297 g/mol. The summed E-state index contributed by atoms with van der Waals surface area (Å²) in [6.45, 7) is 3.89. The van der Waals surface area contributed by atoms with Gasteiger partial charge in [0.05, 0.1) is 18.8 Å². The number of hydrogen-bond donors (Lipinski definition) is 2. The molecule has 0 unspecified atom stereocenters. The first kappa shape index (κ1) is 15.1. The van der Waals surface area contributed by atoms with Crippen LogP contribution in [0.1, 0.15) is 26.2 Å². The summed E-state index contributed by atoms with van der Waals surface area (Å²) < 4.78 is 5.60. The van der Waals surface area contributed by atoms with Crippen LogP contribution in [-0.4, -0.2) is 25.6 Å². The molecule has 0 heterocycles. The Bertz CT molecular complexity index is 461. The molecular weight excluding hydrogens is 276 g/mol. The number of hydrogen-bond acceptors (Lipinski definition) is 3. The highest BCUT2D eigenvalue weighted by molar-refractivity contribution is 6.31. The molecule has 1 fully saturated rings. The molecule has 2 rings (SSSR count). The molecule has 0 radical (unpaired) electrons. The van der Waals surface area contributed by atoms with E-state index in [0.717, 1.165) is 18.9 Å². The fourth-order valence-electron chi connectivity index (χ4n) is 1.84. The van der Waals surface area contributed by atoms with Gasteiger partial charge < -0.3 is 15.4 Å². The maximum atomic E-state index is 11.9. The predicted molar refractivity (Wildman–Crippen MR) is 81.5 cm³/mol. The molecule has 1 aliphatic carbocycles. The van der Waals surface area contributed by atoms with Crippen LogP contribution in [0, 0.1) is 5.92 Å². The van der Waals surface area contributed by atoms with Crippen LogP contribution < -0.4 is 15.4 Å². The summed E-state index contributed by atoms with van der Waals surface area (Å²) in [5.41, 5.74) is 0.629. The van der Waals surface area contributed by atoms with Crippen molar-refractivity contribution in [3.8, 4) is 5.75 Å². The zero-order valence-electron chi connectivity index (χ0n) is 11.7. The molecule has 0 aromatic heterocycles. The van der Waals surface area contributed by atoms with Gasteiger partial charge in [-0.05, 0) is 49.9 Å². The Morgan fingerprint density at radius 2 is 2.25 bits per heavy atom. The fraction of sp³-hybridized carbons (Fsp3) is 0.533. The number of benzene rings is 1. The van der Waals surface area contributed by atoms with Gasteiger partial charge in [-0.25, -0.2) is 0 Å². The molecule has 1 saturated carbocycles. The summed E-state index contributed by atoms with van der Waals surface area (Å²) in [6.07, 6.45) is 3.47. The lowest BCUT2D eigenvalue weighted by atomic mass is 10.3. The Labute approximate surface area is 124 Å². The highest BCUT2D eigenvalue weighted by Crippen LogP contribution is 2.28. The molecule has 0 spiro atoms.